The number of ether oxygens (including phenoxy) is 1. The van der Waals surface area contributed by atoms with Crippen LogP contribution in [0.1, 0.15) is 47.6 Å². The van der Waals surface area contributed by atoms with Gasteiger partial charge in [-0.25, -0.2) is 18.7 Å². The van der Waals surface area contributed by atoms with Crippen LogP contribution in [0, 0.1) is 19.7 Å². The molecule has 4 heterocycles. The van der Waals surface area contributed by atoms with E-state index in [0.717, 1.165) is 16.9 Å². The fourth-order valence-electron chi connectivity index (χ4n) is 5.26. The van der Waals surface area contributed by atoms with E-state index in [0.29, 0.717) is 62.1 Å². The summed E-state index contributed by atoms with van der Waals surface area (Å²) in [5.41, 5.74) is 2.42. The molecule has 1 saturated heterocycles. The first kappa shape index (κ1) is 24.5. The molecule has 0 unspecified atom stereocenters. The van der Waals surface area contributed by atoms with E-state index in [1.807, 2.05) is 32.9 Å². The normalized spacial score (nSPS) is 21.5. The summed E-state index contributed by atoms with van der Waals surface area (Å²) >= 11 is 0. The third-order valence-corrected chi connectivity index (χ3v) is 7.32. The molecule has 4 aromatic rings. The van der Waals surface area contributed by atoms with Gasteiger partial charge in [0.2, 0.25) is 11.7 Å². The summed E-state index contributed by atoms with van der Waals surface area (Å²) < 4.78 is 41.4. The van der Waals surface area contributed by atoms with Crippen LogP contribution in [0.4, 0.5) is 20.3 Å². The number of nitrogens with zero attached hydrogens (tertiary/aromatic N) is 5. The number of aryl methyl sites for hydroxylation is 2. The second-order valence-corrected chi connectivity index (χ2v) is 10.3. The van der Waals surface area contributed by atoms with Crippen molar-refractivity contribution in [2.75, 3.05) is 36.5 Å². The third kappa shape index (κ3) is 4.30. The number of fused-ring (bicyclic) bond motifs is 1. The van der Waals surface area contributed by atoms with Gasteiger partial charge in [-0.2, -0.15) is 4.52 Å². The first-order valence-electron chi connectivity index (χ1n) is 12.6. The molecule has 198 valence electrons. The van der Waals surface area contributed by atoms with Crippen LogP contribution in [-0.4, -0.2) is 58.0 Å². The molecule has 1 aliphatic carbocycles. The largest absolute Gasteiger partial charge is 0.435 e. The molecule has 11 heteroatoms. The average Bonchev–Trinajstić information content (AvgIpc) is 3.51. The Balaban J connectivity index is 1.33. The Morgan fingerprint density at radius 1 is 1.16 bits per heavy atom. The Morgan fingerprint density at radius 2 is 1.92 bits per heavy atom. The van der Waals surface area contributed by atoms with Crippen molar-refractivity contribution in [3.05, 3.63) is 59.3 Å². The number of pyridine rings is 1. The molecule has 1 saturated carbocycles. The predicted molar refractivity (Wildman–Crippen MR) is 137 cm³/mol. The molecule has 3 aromatic heterocycles. The summed E-state index contributed by atoms with van der Waals surface area (Å²) in [7, 11) is 0. The van der Waals surface area contributed by atoms with Crippen molar-refractivity contribution in [2.45, 2.75) is 45.2 Å². The Hall–Kier alpha value is -3.86. The van der Waals surface area contributed by atoms with E-state index >= 15 is 0 Å². The number of oxazole rings is 1. The lowest BCUT2D eigenvalue weighted by Gasteiger charge is -2.38. The Bertz CT molecular complexity index is 1540. The summed E-state index contributed by atoms with van der Waals surface area (Å²) in [6.07, 6.45) is 0.999. The highest BCUT2D eigenvalue weighted by Gasteiger charge is 2.46. The fourth-order valence-corrected chi connectivity index (χ4v) is 5.26. The van der Waals surface area contributed by atoms with Crippen LogP contribution in [0.3, 0.4) is 0 Å². The van der Waals surface area contributed by atoms with Gasteiger partial charge in [0, 0.05) is 18.5 Å². The number of carbonyl (C=O) groups excluding carboxylic acids is 1. The first-order chi connectivity index (χ1) is 18.2. The van der Waals surface area contributed by atoms with E-state index in [1.165, 1.54) is 12.3 Å². The Kier molecular flexibility index (Phi) is 5.90. The quantitative estimate of drug-likeness (QED) is 0.409. The molecule has 1 N–H and O–H groups in total. The zero-order valence-corrected chi connectivity index (χ0v) is 21.4. The van der Waals surface area contributed by atoms with Crippen LogP contribution in [-0.2, 0) is 10.2 Å². The van der Waals surface area contributed by atoms with Crippen molar-refractivity contribution in [3.8, 4) is 11.1 Å². The van der Waals surface area contributed by atoms with Crippen LogP contribution in [0.2, 0.25) is 0 Å². The molecule has 9 nitrogen and oxygen atoms in total. The number of halogens is 2. The van der Waals surface area contributed by atoms with Gasteiger partial charge in [-0.05, 0) is 67.6 Å². The highest BCUT2D eigenvalue weighted by atomic mass is 19.1. The van der Waals surface area contributed by atoms with E-state index in [4.69, 9.17) is 9.15 Å². The fraction of sp³-hybridized carbons (Fsp3) is 0.407. The lowest BCUT2D eigenvalue weighted by atomic mass is 9.69. The number of alkyl halides is 1. The number of hydrogen-bond acceptors (Lipinski definition) is 7. The summed E-state index contributed by atoms with van der Waals surface area (Å²) in [4.78, 5) is 23.8. The molecule has 0 bridgehead atoms. The summed E-state index contributed by atoms with van der Waals surface area (Å²) in [5, 5.41) is 7.16. The van der Waals surface area contributed by atoms with Gasteiger partial charge >= 0.3 is 0 Å². The van der Waals surface area contributed by atoms with Gasteiger partial charge in [0.05, 0.1) is 25.1 Å². The third-order valence-electron chi connectivity index (χ3n) is 7.32. The number of aromatic nitrogens is 4. The number of nitrogens with one attached hydrogen (secondary N) is 1. The molecule has 1 aromatic carbocycles. The van der Waals surface area contributed by atoms with Crippen LogP contribution >= 0.6 is 0 Å². The van der Waals surface area contributed by atoms with Crippen molar-refractivity contribution in [1.29, 1.82) is 0 Å². The SMILES string of the molecule is Cc1nc2cc(-c3cc(NC(=O)c4cnc(C5(C)CC(F)C5)o4)c(F)cc3C)cc(N3CCOCC3)n2n1. The molecule has 1 amide bonds. The summed E-state index contributed by atoms with van der Waals surface area (Å²) in [6, 6.07) is 6.90. The van der Waals surface area contributed by atoms with E-state index < -0.39 is 23.3 Å². The highest BCUT2D eigenvalue weighted by Crippen LogP contribution is 2.44. The Labute approximate surface area is 217 Å². The van der Waals surface area contributed by atoms with Gasteiger partial charge in [-0.15, -0.1) is 5.10 Å². The van der Waals surface area contributed by atoms with Crippen molar-refractivity contribution in [3.63, 3.8) is 0 Å². The van der Waals surface area contributed by atoms with Crippen molar-refractivity contribution < 1.29 is 22.7 Å². The molecule has 1 aliphatic heterocycles. The number of hydrogen-bond donors (Lipinski definition) is 1. The van der Waals surface area contributed by atoms with Gasteiger partial charge in [0.25, 0.3) is 5.91 Å². The van der Waals surface area contributed by atoms with Crippen LogP contribution in [0.5, 0.6) is 0 Å². The van der Waals surface area contributed by atoms with E-state index in [9.17, 15) is 13.6 Å². The number of rotatable bonds is 5. The number of carbonyl (C=O) groups is 1. The van der Waals surface area contributed by atoms with Crippen molar-refractivity contribution >= 4 is 23.1 Å². The maximum absolute atomic E-state index is 15.0. The van der Waals surface area contributed by atoms with E-state index in [-0.39, 0.29) is 11.4 Å². The smallest absolute Gasteiger partial charge is 0.293 e. The van der Waals surface area contributed by atoms with Gasteiger partial charge in [-0.3, -0.25) is 4.79 Å². The minimum absolute atomic E-state index is 0.0117. The van der Waals surface area contributed by atoms with Gasteiger partial charge in [0.15, 0.2) is 5.65 Å². The minimum atomic E-state index is -0.895. The number of anilines is 2. The van der Waals surface area contributed by atoms with Gasteiger partial charge < -0.3 is 19.4 Å². The highest BCUT2D eigenvalue weighted by molar-refractivity contribution is 6.02. The predicted octanol–water partition coefficient (Wildman–Crippen LogP) is 4.62. The number of amides is 1. The zero-order chi connectivity index (χ0) is 26.6. The van der Waals surface area contributed by atoms with Gasteiger partial charge in [-0.1, -0.05) is 6.92 Å². The van der Waals surface area contributed by atoms with Crippen molar-refractivity contribution in [1.82, 2.24) is 19.6 Å². The van der Waals surface area contributed by atoms with Crippen LogP contribution in [0.15, 0.2) is 34.9 Å². The van der Waals surface area contributed by atoms with Crippen LogP contribution in [0.25, 0.3) is 16.8 Å². The molecule has 0 radical (unpaired) electrons. The molecule has 0 spiro atoms. The lowest BCUT2D eigenvalue weighted by molar-refractivity contribution is 0.0822. The topological polar surface area (TPSA) is 97.8 Å². The molecule has 38 heavy (non-hydrogen) atoms. The molecular weight excluding hydrogens is 494 g/mol. The Morgan fingerprint density at radius 3 is 2.66 bits per heavy atom. The molecule has 2 fully saturated rings. The molecule has 6 rings (SSSR count). The minimum Gasteiger partial charge on any atom is -0.435 e. The second-order valence-electron chi connectivity index (χ2n) is 10.3. The molecular formula is C27H28F2N6O3. The molecule has 2 aliphatic rings. The van der Waals surface area contributed by atoms with Crippen molar-refractivity contribution in [2.24, 2.45) is 0 Å². The summed E-state index contributed by atoms with van der Waals surface area (Å²) in [6.45, 7) is 8.16. The van der Waals surface area contributed by atoms with E-state index in [2.05, 4.69) is 25.3 Å². The number of morpholine rings is 1. The first-order valence-corrected chi connectivity index (χ1v) is 12.6. The maximum Gasteiger partial charge on any atom is 0.293 e. The van der Waals surface area contributed by atoms with Crippen LogP contribution < -0.4 is 10.2 Å². The average molecular weight is 523 g/mol. The number of benzene rings is 1. The zero-order valence-electron chi connectivity index (χ0n) is 21.4. The maximum atomic E-state index is 15.0. The molecule has 0 atom stereocenters. The van der Waals surface area contributed by atoms with Gasteiger partial charge in [0.1, 0.15) is 23.6 Å². The van der Waals surface area contributed by atoms with E-state index in [1.54, 1.807) is 10.6 Å². The lowest BCUT2D eigenvalue weighted by Crippen LogP contribution is -2.40. The standard InChI is InChI=1S/C27H28F2N6O3/c1-15-8-20(29)21(32-25(36)22-14-30-26(38-22)27(3)12-18(28)13-27)11-19(15)17-9-23-31-16(2)33-35(23)24(10-17)34-4-6-37-7-5-34/h8-11,14,18H,4-7,12-13H2,1-3H3,(H,32,36). The second kappa shape index (κ2) is 9.16. The summed E-state index contributed by atoms with van der Waals surface area (Å²) in [5.74, 6) is 0.567. The monoisotopic (exact) mass is 522 g/mol.